The average molecular weight is 547 g/mol. The highest BCUT2D eigenvalue weighted by Crippen LogP contribution is 2.33. The third-order valence-electron chi connectivity index (χ3n) is 8.52. The van der Waals surface area contributed by atoms with Crippen LogP contribution in [0.4, 0.5) is 0 Å². The molecule has 1 heterocycles. The molecule has 2 aliphatic rings. The van der Waals surface area contributed by atoms with Crippen molar-refractivity contribution in [3.05, 3.63) is 70.3 Å². The molecule has 216 valence electrons. The van der Waals surface area contributed by atoms with E-state index in [1.807, 2.05) is 32.9 Å². The van der Waals surface area contributed by atoms with Crippen LogP contribution >= 0.6 is 0 Å². The van der Waals surface area contributed by atoms with Gasteiger partial charge >= 0.3 is 0 Å². The summed E-state index contributed by atoms with van der Waals surface area (Å²) in [4.78, 5) is 43.0. The van der Waals surface area contributed by atoms with Crippen LogP contribution in [0.2, 0.25) is 0 Å². The zero-order valence-electron chi connectivity index (χ0n) is 25.1. The third kappa shape index (κ3) is 6.41. The number of amides is 3. The summed E-state index contributed by atoms with van der Waals surface area (Å²) in [5.74, 6) is -0.258. The van der Waals surface area contributed by atoms with Crippen LogP contribution in [-0.2, 0) is 33.8 Å². The Morgan fingerprint density at radius 2 is 1.70 bits per heavy atom. The number of likely N-dealkylation sites (N-methyl/N-ethyl adjacent to an activating group) is 1. The standard InChI is InChI=1S/C33H46N4O3/c1-20(2)23-15-16-24-18-28(31(39)35-27-14-10-12-22-11-8-9-13-26(22)27)37(19-25(24)17-23)32(40)29(33(4,5)6)36-30(38)21(3)34-7/h8-9,11,13,15-17,20-21,27-29,34H,10,12,14,18-19H2,1-7H3,(H,35,39)(H,36,38)/t21-,27+,28?,29+/m0/s1. The second kappa shape index (κ2) is 12.1. The van der Waals surface area contributed by atoms with Crippen molar-refractivity contribution in [3.8, 4) is 0 Å². The quantitative estimate of drug-likeness (QED) is 0.480. The Kier molecular flexibility index (Phi) is 9.03. The number of hydrogen-bond acceptors (Lipinski definition) is 4. The molecule has 0 aromatic heterocycles. The zero-order valence-corrected chi connectivity index (χ0v) is 25.1. The number of carbonyl (C=O) groups excluding carboxylic acids is 3. The van der Waals surface area contributed by atoms with Crippen molar-refractivity contribution < 1.29 is 14.4 Å². The van der Waals surface area contributed by atoms with E-state index in [1.54, 1.807) is 18.9 Å². The maximum absolute atomic E-state index is 14.3. The van der Waals surface area contributed by atoms with E-state index in [2.05, 4.69) is 60.1 Å². The van der Waals surface area contributed by atoms with Crippen molar-refractivity contribution in [2.45, 2.75) is 104 Å². The van der Waals surface area contributed by atoms with Crippen molar-refractivity contribution in [2.75, 3.05) is 7.05 Å². The van der Waals surface area contributed by atoms with Crippen LogP contribution in [-0.4, -0.2) is 47.8 Å². The van der Waals surface area contributed by atoms with Crippen molar-refractivity contribution in [1.82, 2.24) is 20.9 Å². The molecule has 0 saturated carbocycles. The SMILES string of the molecule is CN[C@@H](C)C(=O)N[C@H](C(=O)N1Cc2cc(C(C)C)ccc2CC1C(=O)N[C@@H]1CCCc2ccccc21)C(C)(C)C. The van der Waals surface area contributed by atoms with E-state index in [0.717, 1.165) is 30.4 Å². The number of aryl methyl sites for hydroxylation is 1. The lowest BCUT2D eigenvalue weighted by Crippen LogP contribution is -2.62. The summed E-state index contributed by atoms with van der Waals surface area (Å²) in [5, 5.41) is 9.24. The van der Waals surface area contributed by atoms with Gasteiger partial charge in [-0.3, -0.25) is 14.4 Å². The van der Waals surface area contributed by atoms with E-state index in [1.165, 1.54) is 16.7 Å². The van der Waals surface area contributed by atoms with Crippen LogP contribution in [0.15, 0.2) is 42.5 Å². The lowest BCUT2D eigenvalue weighted by Gasteiger charge is -2.42. The maximum atomic E-state index is 14.3. The first kappa shape index (κ1) is 29.8. The normalized spacial score (nSPS) is 20.2. The fourth-order valence-corrected chi connectivity index (χ4v) is 5.81. The molecule has 1 unspecified atom stereocenters. The van der Waals surface area contributed by atoms with Gasteiger partial charge in [-0.25, -0.2) is 0 Å². The number of hydrogen-bond donors (Lipinski definition) is 3. The molecule has 1 aliphatic carbocycles. The predicted molar refractivity (Wildman–Crippen MR) is 159 cm³/mol. The Bertz CT molecular complexity index is 1250. The van der Waals surface area contributed by atoms with Crippen molar-refractivity contribution >= 4 is 17.7 Å². The summed E-state index contributed by atoms with van der Waals surface area (Å²) in [5.41, 5.74) is 5.25. The van der Waals surface area contributed by atoms with Gasteiger partial charge < -0.3 is 20.9 Å². The Morgan fingerprint density at radius 3 is 2.38 bits per heavy atom. The van der Waals surface area contributed by atoms with Crippen LogP contribution in [0.5, 0.6) is 0 Å². The van der Waals surface area contributed by atoms with Crippen molar-refractivity contribution in [3.63, 3.8) is 0 Å². The summed E-state index contributed by atoms with van der Waals surface area (Å²) in [6.45, 7) is 12.2. The number of fused-ring (bicyclic) bond motifs is 2. The Morgan fingerprint density at radius 1 is 0.975 bits per heavy atom. The molecule has 0 bridgehead atoms. The lowest BCUT2D eigenvalue weighted by molar-refractivity contribution is -0.147. The fraction of sp³-hybridized carbons (Fsp3) is 0.545. The lowest BCUT2D eigenvalue weighted by atomic mass is 9.83. The Hall–Kier alpha value is -3.19. The molecule has 0 radical (unpaired) electrons. The van der Waals surface area contributed by atoms with E-state index in [9.17, 15) is 14.4 Å². The molecule has 7 heteroatoms. The van der Waals surface area contributed by atoms with Crippen LogP contribution < -0.4 is 16.0 Å². The minimum atomic E-state index is -0.781. The molecule has 0 spiro atoms. The molecule has 40 heavy (non-hydrogen) atoms. The van der Waals surface area contributed by atoms with Gasteiger partial charge in [0, 0.05) is 13.0 Å². The van der Waals surface area contributed by atoms with E-state index < -0.39 is 23.5 Å². The third-order valence-corrected chi connectivity index (χ3v) is 8.52. The van der Waals surface area contributed by atoms with Gasteiger partial charge in [-0.15, -0.1) is 0 Å². The molecule has 3 N–H and O–H groups in total. The van der Waals surface area contributed by atoms with Crippen molar-refractivity contribution in [2.24, 2.45) is 5.41 Å². The average Bonchev–Trinajstić information content (AvgIpc) is 2.93. The minimum absolute atomic E-state index is 0.0753. The molecule has 3 amide bonds. The van der Waals surface area contributed by atoms with Gasteiger partial charge in [0.2, 0.25) is 17.7 Å². The number of nitrogens with zero attached hydrogens (tertiary/aromatic N) is 1. The summed E-state index contributed by atoms with van der Waals surface area (Å²) in [7, 11) is 1.72. The monoisotopic (exact) mass is 546 g/mol. The van der Waals surface area contributed by atoms with Crippen LogP contribution in [0.3, 0.4) is 0 Å². The number of benzene rings is 2. The smallest absolute Gasteiger partial charge is 0.246 e. The minimum Gasteiger partial charge on any atom is -0.347 e. The molecule has 1 aliphatic heterocycles. The molecule has 0 fully saturated rings. The van der Waals surface area contributed by atoms with Gasteiger partial charge in [0.05, 0.1) is 12.1 Å². The molecule has 2 aromatic rings. The second-order valence-corrected chi connectivity index (χ2v) is 12.8. The van der Waals surface area contributed by atoms with Gasteiger partial charge in [-0.05, 0) is 72.4 Å². The molecule has 4 rings (SSSR count). The molecule has 7 nitrogen and oxygen atoms in total. The topological polar surface area (TPSA) is 90.5 Å². The first-order valence-electron chi connectivity index (χ1n) is 14.7. The fourth-order valence-electron chi connectivity index (χ4n) is 5.81. The van der Waals surface area contributed by atoms with Gasteiger partial charge in [0.15, 0.2) is 0 Å². The van der Waals surface area contributed by atoms with Gasteiger partial charge in [-0.1, -0.05) is 77.1 Å². The largest absolute Gasteiger partial charge is 0.347 e. The van der Waals surface area contributed by atoms with E-state index >= 15 is 0 Å². The summed E-state index contributed by atoms with van der Waals surface area (Å²) >= 11 is 0. The molecule has 0 saturated heterocycles. The predicted octanol–water partition coefficient (Wildman–Crippen LogP) is 4.40. The Balaban J connectivity index is 1.68. The molecular formula is C33H46N4O3. The first-order valence-corrected chi connectivity index (χ1v) is 14.7. The van der Waals surface area contributed by atoms with Gasteiger partial charge in [-0.2, -0.15) is 0 Å². The zero-order chi connectivity index (χ0) is 29.2. The molecule has 4 atom stereocenters. The summed E-state index contributed by atoms with van der Waals surface area (Å²) in [6, 6.07) is 12.7. The van der Waals surface area contributed by atoms with Crippen LogP contribution in [0.25, 0.3) is 0 Å². The first-order chi connectivity index (χ1) is 18.9. The van der Waals surface area contributed by atoms with Crippen LogP contribution in [0, 0.1) is 5.41 Å². The Labute approximate surface area is 239 Å². The number of carbonyl (C=O) groups is 3. The number of nitrogens with one attached hydrogen (secondary N) is 3. The van der Waals surface area contributed by atoms with E-state index in [4.69, 9.17) is 0 Å². The van der Waals surface area contributed by atoms with E-state index in [0.29, 0.717) is 18.9 Å². The summed E-state index contributed by atoms with van der Waals surface area (Å²) in [6.07, 6.45) is 3.34. The summed E-state index contributed by atoms with van der Waals surface area (Å²) < 4.78 is 0. The highest BCUT2D eigenvalue weighted by Gasteiger charge is 2.43. The van der Waals surface area contributed by atoms with Gasteiger partial charge in [0.1, 0.15) is 12.1 Å². The second-order valence-electron chi connectivity index (χ2n) is 12.8. The maximum Gasteiger partial charge on any atom is 0.246 e. The van der Waals surface area contributed by atoms with Crippen molar-refractivity contribution in [1.29, 1.82) is 0 Å². The molecular weight excluding hydrogens is 500 g/mol. The highest BCUT2D eigenvalue weighted by molar-refractivity contribution is 5.94. The molecule has 2 aromatic carbocycles. The highest BCUT2D eigenvalue weighted by atomic mass is 16.2. The van der Waals surface area contributed by atoms with Gasteiger partial charge in [0.25, 0.3) is 0 Å². The van der Waals surface area contributed by atoms with E-state index in [-0.39, 0.29) is 23.8 Å². The number of rotatable bonds is 7. The van der Waals surface area contributed by atoms with Crippen LogP contribution in [0.1, 0.15) is 94.2 Å².